The number of aliphatic hydroxyl groups excluding tert-OH is 2. The van der Waals surface area contributed by atoms with Gasteiger partial charge in [-0.2, -0.15) is 0 Å². The number of hydrogen-bond donors (Lipinski definition) is 3. The molecule has 3 aromatic rings. The third kappa shape index (κ3) is 4.03. The van der Waals surface area contributed by atoms with Crippen molar-refractivity contribution < 1.29 is 28.8 Å². The number of anilines is 1. The van der Waals surface area contributed by atoms with Crippen LogP contribution in [-0.4, -0.2) is 46.6 Å². The van der Waals surface area contributed by atoms with Gasteiger partial charge in [0.05, 0.1) is 24.7 Å². The van der Waals surface area contributed by atoms with E-state index in [1.165, 1.54) is 0 Å². The van der Waals surface area contributed by atoms with Gasteiger partial charge in [-0.3, -0.25) is 4.79 Å². The lowest BCUT2D eigenvalue weighted by Gasteiger charge is -2.23. The Morgan fingerprint density at radius 2 is 1.85 bits per heavy atom. The normalized spacial score (nSPS) is 17.4. The van der Waals surface area contributed by atoms with Crippen LogP contribution in [0.1, 0.15) is 49.2 Å². The van der Waals surface area contributed by atoms with Gasteiger partial charge in [0.1, 0.15) is 13.2 Å². The van der Waals surface area contributed by atoms with E-state index in [9.17, 15) is 15.0 Å². The summed E-state index contributed by atoms with van der Waals surface area (Å²) in [5.74, 6) is 1.40. The number of fused-ring (bicyclic) bond motifs is 2. The molecule has 1 saturated carbocycles. The van der Waals surface area contributed by atoms with E-state index in [0.29, 0.717) is 25.5 Å². The highest BCUT2D eigenvalue weighted by molar-refractivity contribution is 6.02. The van der Waals surface area contributed by atoms with Gasteiger partial charge < -0.3 is 29.6 Å². The number of benzene rings is 2. The van der Waals surface area contributed by atoms with Crippen LogP contribution in [0.2, 0.25) is 0 Å². The minimum atomic E-state index is -0.836. The number of hydrogen-bond acceptors (Lipinski definition) is 5. The van der Waals surface area contributed by atoms with Gasteiger partial charge in [-0.25, -0.2) is 0 Å². The predicted molar refractivity (Wildman–Crippen MR) is 137 cm³/mol. The van der Waals surface area contributed by atoms with Gasteiger partial charge in [0.2, 0.25) is 5.91 Å². The molecule has 1 fully saturated rings. The summed E-state index contributed by atoms with van der Waals surface area (Å²) in [6, 6.07) is 13.7. The number of ether oxygens (including phenoxy) is 2. The Balaban J connectivity index is 0.00000160. The second kappa shape index (κ2) is 8.32. The standard InChI is InChI=1S/C27H32N2O5.3H2/c1-26(2,3)24-13-17-12-19(5-6-21(17)29(24)15-20(31)16-30)28-25(32)27(8-9-27)18-4-7-22-23(14-18)34-11-10-33-22;;;/h4-7,12-14,20,30-31H,8-11,15-16H2,1-3H3,(H,28,32);3*1H/t20-;;;/m1.../s1. The van der Waals surface area contributed by atoms with Crippen LogP contribution in [-0.2, 0) is 22.2 Å². The second-order valence-electron chi connectivity index (χ2n) is 10.4. The van der Waals surface area contributed by atoms with Crippen molar-refractivity contribution in [2.45, 2.75) is 57.1 Å². The van der Waals surface area contributed by atoms with E-state index in [2.05, 4.69) is 36.7 Å². The number of nitrogens with one attached hydrogen (secondary N) is 1. The lowest BCUT2D eigenvalue weighted by Crippen LogP contribution is -2.28. The number of rotatable bonds is 6. The van der Waals surface area contributed by atoms with E-state index in [1.807, 2.05) is 36.4 Å². The maximum absolute atomic E-state index is 13.4. The third-order valence-electron chi connectivity index (χ3n) is 6.81. The summed E-state index contributed by atoms with van der Waals surface area (Å²) in [6.07, 6.45) is 0.756. The zero-order chi connectivity index (χ0) is 24.1. The van der Waals surface area contributed by atoms with E-state index in [0.717, 1.165) is 46.4 Å². The van der Waals surface area contributed by atoms with E-state index in [4.69, 9.17) is 9.47 Å². The molecule has 1 amide bonds. The van der Waals surface area contributed by atoms with Crippen LogP contribution in [0.5, 0.6) is 11.5 Å². The molecule has 5 rings (SSSR count). The zero-order valence-corrected chi connectivity index (χ0v) is 19.9. The topological polar surface area (TPSA) is 93.0 Å². The molecule has 1 aliphatic carbocycles. The molecule has 1 atom stereocenters. The number of amides is 1. The molecule has 0 bridgehead atoms. The first-order valence-corrected chi connectivity index (χ1v) is 11.9. The van der Waals surface area contributed by atoms with Crippen molar-refractivity contribution in [2.24, 2.45) is 0 Å². The molecular weight excluding hydrogens is 432 g/mol. The van der Waals surface area contributed by atoms with Crippen molar-refractivity contribution in [3.63, 3.8) is 0 Å². The first kappa shape index (κ1) is 22.7. The van der Waals surface area contributed by atoms with Crippen LogP contribution in [0.3, 0.4) is 0 Å². The molecular formula is C27H38N2O5. The van der Waals surface area contributed by atoms with Crippen LogP contribution >= 0.6 is 0 Å². The fourth-order valence-corrected chi connectivity index (χ4v) is 4.80. The predicted octanol–water partition coefficient (Wildman–Crippen LogP) is 4.47. The van der Waals surface area contributed by atoms with Gasteiger partial charge in [0, 0.05) is 32.0 Å². The van der Waals surface area contributed by atoms with E-state index >= 15 is 0 Å². The zero-order valence-electron chi connectivity index (χ0n) is 19.9. The third-order valence-corrected chi connectivity index (χ3v) is 6.81. The van der Waals surface area contributed by atoms with Crippen molar-refractivity contribution in [3.8, 4) is 11.5 Å². The first-order valence-electron chi connectivity index (χ1n) is 11.9. The Morgan fingerprint density at radius 3 is 2.53 bits per heavy atom. The Hall–Kier alpha value is -3.03. The molecule has 7 nitrogen and oxygen atoms in total. The number of nitrogens with zero attached hydrogens (tertiary/aromatic N) is 1. The Kier molecular flexibility index (Phi) is 5.57. The number of aliphatic hydroxyl groups is 2. The number of carbonyl (C=O) groups excluding carboxylic acids is 1. The van der Waals surface area contributed by atoms with Crippen molar-refractivity contribution in [1.82, 2.24) is 4.57 Å². The van der Waals surface area contributed by atoms with Crippen molar-refractivity contribution in [2.75, 3.05) is 25.1 Å². The monoisotopic (exact) mass is 470 g/mol. The molecule has 0 radical (unpaired) electrons. The van der Waals surface area contributed by atoms with Gasteiger partial charge in [-0.1, -0.05) is 26.8 Å². The fraction of sp³-hybridized carbons (Fsp3) is 0.444. The molecule has 2 heterocycles. The molecule has 3 N–H and O–H groups in total. The first-order chi connectivity index (χ1) is 16.2. The largest absolute Gasteiger partial charge is 0.486 e. The van der Waals surface area contributed by atoms with Crippen LogP contribution in [0, 0.1) is 0 Å². The highest BCUT2D eigenvalue weighted by Crippen LogP contribution is 2.51. The van der Waals surface area contributed by atoms with Crippen LogP contribution in [0.25, 0.3) is 10.9 Å². The summed E-state index contributed by atoms with van der Waals surface area (Å²) in [6.45, 7) is 7.44. The fourth-order valence-electron chi connectivity index (χ4n) is 4.80. The summed E-state index contributed by atoms with van der Waals surface area (Å²) in [5, 5.41) is 23.6. The van der Waals surface area contributed by atoms with Crippen molar-refractivity contribution in [1.29, 1.82) is 0 Å². The summed E-state index contributed by atoms with van der Waals surface area (Å²) in [5.41, 5.74) is 3.03. The average Bonchev–Trinajstić information content (AvgIpc) is 3.55. The highest BCUT2D eigenvalue weighted by atomic mass is 16.6. The van der Waals surface area contributed by atoms with E-state index in [-0.39, 0.29) is 22.2 Å². The number of aromatic nitrogens is 1. The molecule has 7 heteroatoms. The lowest BCUT2D eigenvalue weighted by molar-refractivity contribution is -0.118. The lowest BCUT2D eigenvalue weighted by atomic mass is 9.92. The van der Waals surface area contributed by atoms with Crippen LogP contribution < -0.4 is 14.8 Å². The molecule has 1 aliphatic heterocycles. The molecule has 0 saturated heterocycles. The van der Waals surface area contributed by atoms with Gasteiger partial charge in [0.25, 0.3) is 0 Å². The quantitative estimate of drug-likeness (QED) is 0.494. The van der Waals surface area contributed by atoms with Gasteiger partial charge in [-0.05, 0) is 54.8 Å². The minimum Gasteiger partial charge on any atom is -0.486 e. The molecule has 2 aromatic carbocycles. The van der Waals surface area contributed by atoms with Crippen LogP contribution in [0.15, 0.2) is 42.5 Å². The summed E-state index contributed by atoms with van der Waals surface area (Å²) in [4.78, 5) is 13.4. The Bertz CT molecular complexity index is 1250. The summed E-state index contributed by atoms with van der Waals surface area (Å²) < 4.78 is 13.4. The Labute approximate surface area is 203 Å². The average molecular weight is 471 g/mol. The summed E-state index contributed by atoms with van der Waals surface area (Å²) >= 11 is 0. The maximum Gasteiger partial charge on any atom is 0.235 e. The molecule has 0 unspecified atom stereocenters. The minimum absolute atomic E-state index is 0. The van der Waals surface area contributed by atoms with Crippen molar-refractivity contribution >= 4 is 22.5 Å². The number of carbonyl (C=O) groups is 1. The SMILES string of the molecule is CC(C)(C)c1cc2cc(NC(=O)C3(c4ccc5c(c4)OCCO5)CC3)ccc2n1C[C@@H](O)CO.[HH].[HH].[HH]. The summed E-state index contributed by atoms with van der Waals surface area (Å²) in [7, 11) is 0. The van der Waals surface area contributed by atoms with Crippen molar-refractivity contribution in [3.05, 3.63) is 53.7 Å². The van der Waals surface area contributed by atoms with E-state index in [1.54, 1.807) is 0 Å². The maximum atomic E-state index is 13.4. The van der Waals surface area contributed by atoms with Crippen LogP contribution in [0.4, 0.5) is 5.69 Å². The molecule has 34 heavy (non-hydrogen) atoms. The van der Waals surface area contributed by atoms with Gasteiger partial charge in [0.15, 0.2) is 11.5 Å². The molecule has 2 aliphatic rings. The molecule has 1 aromatic heterocycles. The second-order valence-corrected chi connectivity index (χ2v) is 10.4. The van der Waals surface area contributed by atoms with Gasteiger partial charge >= 0.3 is 0 Å². The molecule has 186 valence electrons. The van der Waals surface area contributed by atoms with E-state index < -0.39 is 11.5 Å². The van der Waals surface area contributed by atoms with Gasteiger partial charge in [-0.15, -0.1) is 0 Å². The highest BCUT2D eigenvalue weighted by Gasteiger charge is 2.51. The Morgan fingerprint density at radius 1 is 1.12 bits per heavy atom. The smallest absolute Gasteiger partial charge is 0.235 e. The molecule has 0 spiro atoms.